The van der Waals surface area contributed by atoms with Gasteiger partial charge in [-0.2, -0.15) is 0 Å². The van der Waals surface area contributed by atoms with Crippen LogP contribution in [0.25, 0.3) is 0 Å². The van der Waals surface area contributed by atoms with E-state index < -0.39 is 11.9 Å². The molecule has 19 heavy (non-hydrogen) atoms. The highest BCUT2D eigenvalue weighted by Gasteiger charge is 2.41. The zero-order valence-electron chi connectivity index (χ0n) is 11.2. The van der Waals surface area contributed by atoms with E-state index in [2.05, 4.69) is 0 Å². The van der Waals surface area contributed by atoms with Gasteiger partial charge in [-0.15, -0.1) is 11.8 Å². The molecule has 0 aromatic heterocycles. The molecule has 0 saturated carbocycles. The molecule has 2 aliphatic heterocycles. The highest BCUT2D eigenvalue weighted by molar-refractivity contribution is 8.00. The number of carboxylic acid groups (broad SMARTS) is 1. The molecule has 0 bridgehead atoms. The molecule has 2 saturated heterocycles. The van der Waals surface area contributed by atoms with Crippen molar-refractivity contribution in [3.8, 4) is 0 Å². The van der Waals surface area contributed by atoms with Gasteiger partial charge in [0.2, 0.25) is 5.91 Å². The number of amides is 1. The second-order valence-electron chi connectivity index (χ2n) is 5.08. The Balaban J connectivity index is 2.09. The molecule has 5 nitrogen and oxygen atoms in total. The molecule has 3 unspecified atom stereocenters. The quantitative estimate of drug-likeness (QED) is 0.823. The summed E-state index contributed by atoms with van der Waals surface area (Å²) in [6.45, 7) is 3.19. The smallest absolute Gasteiger partial charge is 0.311 e. The van der Waals surface area contributed by atoms with Gasteiger partial charge in [-0.25, -0.2) is 0 Å². The van der Waals surface area contributed by atoms with E-state index in [-0.39, 0.29) is 23.8 Å². The van der Waals surface area contributed by atoms with Crippen molar-refractivity contribution in [1.82, 2.24) is 4.90 Å². The largest absolute Gasteiger partial charge is 0.481 e. The zero-order valence-corrected chi connectivity index (χ0v) is 12.0. The highest BCUT2D eigenvalue weighted by atomic mass is 32.2. The van der Waals surface area contributed by atoms with Crippen LogP contribution in [0.1, 0.15) is 26.2 Å². The fourth-order valence-corrected chi connectivity index (χ4v) is 3.95. The number of aliphatic carboxylic acids is 1. The average Bonchev–Trinajstić information content (AvgIpc) is 3.05. The Morgan fingerprint density at radius 2 is 2.21 bits per heavy atom. The van der Waals surface area contributed by atoms with Crippen LogP contribution in [0.2, 0.25) is 0 Å². The molecule has 1 N–H and O–H groups in total. The molecule has 0 aromatic carbocycles. The highest BCUT2D eigenvalue weighted by Crippen LogP contribution is 2.30. The van der Waals surface area contributed by atoms with Crippen molar-refractivity contribution in [2.45, 2.75) is 37.5 Å². The number of thioether (sulfide) groups is 1. The van der Waals surface area contributed by atoms with Crippen molar-refractivity contribution in [2.75, 3.05) is 25.5 Å². The molecular weight excluding hydrogens is 266 g/mol. The van der Waals surface area contributed by atoms with E-state index in [1.807, 2.05) is 6.92 Å². The van der Waals surface area contributed by atoms with E-state index in [4.69, 9.17) is 4.74 Å². The molecule has 0 radical (unpaired) electrons. The van der Waals surface area contributed by atoms with Crippen LogP contribution in [-0.4, -0.2) is 58.7 Å². The molecule has 2 heterocycles. The van der Waals surface area contributed by atoms with Crippen LogP contribution in [0.15, 0.2) is 0 Å². The van der Waals surface area contributed by atoms with Crippen LogP contribution in [0, 0.1) is 5.92 Å². The first-order valence-electron chi connectivity index (χ1n) is 6.87. The van der Waals surface area contributed by atoms with Crippen LogP contribution in [0.5, 0.6) is 0 Å². The van der Waals surface area contributed by atoms with Crippen molar-refractivity contribution < 1.29 is 19.4 Å². The predicted octanol–water partition coefficient (Wildman–Crippen LogP) is 1.22. The first-order chi connectivity index (χ1) is 9.15. The Labute approximate surface area is 117 Å². The maximum atomic E-state index is 12.5. The first kappa shape index (κ1) is 14.7. The van der Waals surface area contributed by atoms with Crippen molar-refractivity contribution >= 4 is 23.6 Å². The summed E-state index contributed by atoms with van der Waals surface area (Å²) in [6.07, 6.45) is 2.82. The van der Waals surface area contributed by atoms with E-state index >= 15 is 0 Å². The van der Waals surface area contributed by atoms with Crippen LogP contribution >= 0.6 is 11.8 Å². The maximum Gasteiger partial charge on any atom is 0.311 e. The van der Waals surface area contributed by atoms with Crippen LogP contribution in [0.4, 0.5) is 0 Å². The van der Waals surface area contributed by atoms with Gasteiger partial charge in [-0.05, 0) is 25.0 Å². The molecule has 0 aromatic rings. The third kappa shape index (κ3) is 3.23. The van der Waals surface area contributed by atoms with Crippen molar-refractivity contribution in [2.24, 2.45) is 5.92 Å². The molecule has 108 valence electrons. The molecule has 2 fully saturated rings. The Morgan fingerprint density at radius 3 is 2.79 bits per heavy atom. The Kier molecular flexibility index (Phi) is 5.10. The fraction of sp³-hybridized carbons (Fsp3) is 0.846. The Hall–Kier alpha value is -0.750. The van der Waals surface area contributed by atoms with Crippen molar-refractivity contribution in [3.05, 3.63) is 0 Å². The van der Waals surface area contributed by atoms with Gasteiger partial charge in [0.05, 0.1) is 24.5 Å². The van der Waals surface area contributed by atoms with Gasteiger partial charge < -0.3 is 14.7 Å². The molecule has 2 aliphatic rings. The summed E-state index contributed by atoms with van der Waals surface area (Å²) in [6, 6.07) is -0.300. The minimum atomic E-state index is -0.865. The number of carbonyl (C=O) groups is 2. The summed E-state index contributed by atoms with van der Waals surface area (Å²) in [7, 11) is 0. The Morgan fingerprint density at radius 1 is 1.42 bits per heavy atom. The number of carbonyl (C=O) groups excluding carboxylic acids is 1. The van der Waals surface area contributed by atoms with Crippen LogP contribution in [0.3, 0.4) is 0 Å². The molecule has 0 aliphatic carbocycles. The third-order valence-corrected chi connectivity index (χ3v) is 5.08. The van der Waals surface area contributed by atoms with Crippen LogP contribution < -0.4 is 0 Å². The number of hydrogen-bond donors (Lipinski definition) is 1. The summed E-state index contributed by atoms with van der Waals surface area (Å²) in [5.74, 6) is -0.316. The number of nitrogens with zero attached hydrogens (tertiary/aromatic N) is 1. The summed E-state index contributed by atoms with van der Waals surface area (Å²) < 4.78 is 5.29. The van der Waals surface area contributed by atoms with Gasteiger partial charge in [0, 0.05) is 6.54 Å². The zero-order chi connectivity index (χ0) is 13.8. The maximum absolute atomic E-state index is 12.5. The molecule has 2 rings (SSSR count). The predicted molar refractivity (Wildman–Crippen MR) is 73.2 cm³/mol. The van der Waals surface area contributed by atoms with Crippen LogP contribution in [-0.2, 0) is 14.3 Å². The number of rotatable bonds is 5. The van der Waals surface area contributed by atoms with E-state index in [1.54, 1.807) is 16.7 Å². The minimum Gasteiger partial charge on any atom is -0.481 e. The van der Waals surface area contributed by atoms with Gasteiger partial charge in [0.15, 0.2) is 0 Å². The van der Waals surface area contributed by atoms with Crippen molar-refractivity contribution in [1.29, 1.82) is 0 Å². The van der Waals surface area contributed by atoms with Gasteiger partial charge in [-0.3, -0.25) is 9.59 Å². The lowest BCUT2D eigenvalue weighted by molar-refractivity contribution is -0.145. The third-order valence-electron chi connectivity index (χ3n) is 3.72. The fourth-order valence-electron chi connectivity index (χ4n) is 2.72. The standard InChI is InChI=1S/C13H21NO4S/c1-2-5-14(12(15)11-4-3-6-19-11)10-8-18-7-9(10)13(16)17/h9-11H,2-8H2,1H3,(H,16,17). The minimum absolute atomic E-state index is 0.0154. The van der Waals surface area contributed by atoms with Gasteiger partial charge in [0.1, 0.15) is 5.92 Å². The van der Waals surface area contributed by atoms with Gasteiger partial charge in [0.25, 0.3) is 0 Å². The summed E-state index contributed by atoms with van der Waals surface area (Å²) >= 11 is 1.69. The van der Waals surface area contributed by atoms with E-state index in [1.165, 1.54) is 0 Å². The number of hydrogen-bond acceptors (Lipinski definition) is 4. The second kappa shape index (κ2) is 6.61. The monoisotopic (exact) mass is 287 g/mol. The summed E-state index contributed by atoms with van der Waals surface area (Å²) in [4.78, 5) is 25.5. The molecule has 0 spiro atoms. The Bertz CT molecular complexity index is 344. The SMILES string of the molecule is CCCN(C(=O)C1CCCS1)C1COCC1C(=O)O. The van der Waals surface area contributed by atoms with E-state index in [0.29, 0.717) is 13.2 Å². The molecule has 3 atom stereocenters. The topological polar surface area (TPSA) is 66.8 Å². The second-order valence-corrected chi connectivity index (χ2v) is 6.39. The normalized spacial score (nSPS) is 30.5. The lowest BCUT2D eigenvalue weighted by atomic mass is 10.0. The van der Waals surface area contributed by atoms with E-state index in [0.717, 1.165) is 25.0 Å². The lowest BCUT2D eigenvalue weighted by Crippen LogP contribution is -2.49. The molecular formula is C13H21NO4S. The van der Waals surface area contributed by atoms with Crippen molar-refractivity contribution in [3.63, 3.8) is 0 Å². The molecule has 1 amide bonds. The average molecular weight is 287 g/mol. The summed E-state index contributed by atoms with van der Waals surface area (Å²) in [5.41, 5.74) is 0. The lowest BCUT2D eigenvalue weighted by Gasteiger charge is -2.32. The number of carboxylic acids is 1. The van der Waals surface area contributed by atoms with Gasteiger partial charge >= 0.3 is 5.97 Å². The van der Waals surface area contributed by atoms with Gasteiger partial charge in [-0.1, -0.05) is 6.92 Å². The molecule has 6 heteroatoms. The first-order valence-corrected chi connectivity index (χ1v) is 7.92. The summed E-state index contributed by atoms with van der Waals surface area (Å²) in [5, 5.41) is 9.24. The van der Waals surface area contributed by atoms with E-state index in [9.17, 15) is 14.7 Å². The number of ether oxygens (including phenoxy) is 1.